The lowest BCUT2D eigenvalue weighted by molar-refractivity contribution is 0.0108. The van der Waals surface area contributed by atoms with Crippen molar-refractivity contribution < 1.29 is 9.53 Å². The monoisotopic (exact) mass is 342 g/mol. The molecule has 0 saturated heterocycles. The molecule has 0 fully saturated rings. The molecule has 0 aliphatic carbocycles. The number of rotatable bonds is 10. The summed E-state index contributed by atoms with van der Waals surface area (Å²) in [5.41, 5.74) is 0.617. The number of hydrogen-bond acceptors (Lipinski definition) is 4. The summed E-state index contributed by atoms with van der Waals surface area (Å²) in [6.07, 6.45) is -0.104. The van der Waals surface area contributed by atoms with Crippen LogP contribution >= 0.6 is 12.4 Å². The van der Waals surface area contributed by atoms with Crippen LogP contribution in [0.15, 0.2) is 30.3 Å². The Morgan fingerprint density at radius 2 is 1.35 bits per heavy atom. The average molecular weight is 343 g/mol. The van der Waals surface area contributed by atoms with E-state index in [1.54, 1.807) is 12.1 Å². The third-order valence-electron chi connectivity index (χ3n) is 4.00. The van der Waals surface area contributed by atoms with E-state index in [4.69, 9.17) is 4.74 Å². The maximum absolute atomic E-state index is 12.3. The van der Waals surface area contributed by atoms with Gasteiger partial charge in [0.15, 0.2) is 0 Å². The molecule has 1 rings (SSSR count). The predicted octanol–water partition coefficient (Wildman–Crippen LogP) is 3.32. The first-order chi connectivity index (χ1) is 10.6. The number of likely N-dealkylation sites (N-methyl/N-ethyl adjacent to an activating group) is 2. The van der Waals surface area contributed by atoms with Crippen molar-refractivity contribution in [1.29, 1.82) is 0 Å². The molecule has 0 unspecified atom stereocenters. The van der Waals surface area contributed by atoms with Crippen LogP contribution in [0.3, 0.4) is 0 Å². The molecule has 0 aliphatic heterocycles. The highest BCUT2D eigenvalue weighted by Crippen LogP contribution is 2.07. The minimum Gasteiger partial charge on any atom is -0.456 e. The Morgan fingerprint density at radius 1 is 0.913 bits per heavy atom. The lowest BCUT2D eigenvalue weighted by Gasteiger charge is -2.29. The van der Waals surface area contributed by atoms with Crippen molar-refractivity contribution in [1.82, 2.24) is 9.80 Å². The topological polar surface area (TPSA) is 32.8 Å². The van der Waals surface area contributed by atoms with E-state index in [0.717, 1.165) is 39.3 Å². The van der Waals surface area contributed by atoms with Crippen molar-refractivity contribution in [2.75, 3.05) is 39.3 Å². The van der Waals surface area contributed by atoms with Crippen molar-refractivity contribution in [3.8, 4) is 0 Å². The Bertz CT molecular complexity index is 406. The quantitative estimate of drug-likeness (QED) is 0.611. The van der Waals surface area contributed by atoms with Crippen molar-refractivity contribution >= 4 is 18.4 Å². The molecule has 0 N–H and O–H groups in total. The van der Waals surface area contributed by atoms with Crippen LogP contribution in [0, 0.1) is 0 Å². The predicted molar refractivity (Wildman–Crippen MR) is 98.5 cm³/mol. The van der Waals surface area contributed by atoms with Gasteiger partial charge < -0.3 is 14.5 Å². The van der Waals surface area contributed by atoms with E-state index in [0.29, 0.717) is 5.56 Å². The first kappa shape index (κ1) is 21.9. The molecule has 132 valence electrons. The first-order valence-corrected chi connectivity index (χ1v) is 8.35. The molecular weight excluding hydrogens is 312 g/mol. The minimum atomic E-state index is -0.232. The van der Waals surface area contributed by atoms with Gasteiger partial charge in [-0.25, -0.2) is 4.79 Å². The van der Waals surface area contributed by atoms with E-state index in [1.807, 2.05) is 18.2 Å². The van der Waals surface area contributed by atoms with Crippen LogP contribution in [0.2, 0.25) is 0 Å². The van der Waals surface area contributed by atoms with Crippen molar-refractivity contribution in [3.63, 3.8) is 0 Å². The summed E-state index contributed by atoms with van der Waals surface area (Å²) < 4.78 is 5.78. The second kappa shape index (κ2) is 12.3. The number of carbonyl (C=O) groups excluding carboxylic acids is 1. The fraction of sp³-hybridized carbons (Fsp3) is 0.611. The summed E-state index contributed by atoms with van der Waals surface area (Å²) in [7, 11) is 0. The molecule has 0 atom stereocenters. The molecule has 0 spiro atoms. The Balaban J connectivity index is 0.00000484. The molecule has 1 aromatic carbocycles. The van der Waals surface area contributed by atoms with Gasteiger partial charge in [-0.3, -0.25) is 0 Å². The van der Waals surface area contributed by atoms with Crippen LogP contribution in [0.1, 0.15) is 38.1 Å². The lowest BCUT2D eigenvalue weighted by Crippen LogP contribution is -2.42. The van der Waals surface area contributed by atoms with Gasteiger partial charge in [-0.05, 0) is 38.3 Å². The van der Waals surface area contributed by atoms with Crippen molar-refractivity contribution in [2.45, 2.75) is 33.8 Å². The summed E-state index contributed by atoms with van der Waals surface area (Å²) in [5.74, 6) is -0.232. The molecule has 0 amide bonds. The van der Waals surface area contributed by atoms with Crippen LogP contribution in [-0.2, 0) is 4.74 Å². The Kier molecular flexibility index (Phi) is 11.7. The van der Waals surface area contributed by atoms with Crippen LogP contribution in [0.5, 0.6) is 0 Å². The highest BCUT2D eigenvalue weighted by Gasteiger charge is 2.20. The highest BCUT2D eigenvalue weighted by molar-refractivity contribution is 5.89. The van der Waals surface area contributed by atoms with Gasteiger partial charge in [0.1, 0.15) is 6.10 Å². The SMILES string of the molecule is CCN(CC)CC(CN(CC)CC)OC(=O)c1ccccc1.Cl. The number of hydrogen-bond donors (Lipinski definition) is 0. The van der Waals surface area contributed by atoms with Gasteiger partial charge in [0.05, 0.1) is 5.56 Å². The maximum atomic E-state index is 12.3. The van der Waals surface area contributed by atoms with E-state index in [2.05, 4.69) is 37.5 Å². The smallest absolute Gasteiger partial charge is 0.338 e. The highest BCUT2D eigenvalue weighted by atomic mass is 35.5. The van der Waals surface area contributed by atoms with Gasteiger partial charge in [-0.2, -0.15) is 0 Å². The van der Waals surface area contributed by atoms with Crippen LogP contribution < -0.4 is 0 Å². The molecule has 0 aliphatic rings. The van der Waals surface area contributed by atoms with Crippen molar-refractivity contribution in [2.24, 2.45) is 0 Å². The third-order valence-corrected chi connectivity index (χ3v) is 4.00. The fourth-order valence-corrected chi connectivity index (χ4v) is 2.47. The summed E-state index contributed by atoms with van der Waals surface area (Å²) in [6, 6.07) is 9.23. The molecule has 4 nitrogen and oxygen atoms in total. The van der Waals surface area contributed by atoms with Gasteiger partial charge >= 0.3 is 5.97 Å². The number of esters is 1. The molecule has 23 heavy (non-hydrogen) atoms. The molecule has 5 heteroatoms. The van der Waals surface area contributed by atoms with Gasteiger partial charge in [0.25, 0.3) is 0 Å². The Morgan fingerprint density at radius 3 is 1.74 bits per heavy atom. The minimum absolute atomic E-state index is 0. The number of halogens is 1. The van der Waals surface area contributed by atoms with E-state index in [1.165, 1.54) is 0 Å². The Hall–Kier alpha value is -1.10. The molecule has 0 saturated carbocycles. The molecule has 0 heterocycles. The van der Waals surface area contributed by atoms with Crippen LogP contribution in [0.4, 0.5) is 0 Å². The summed E-state index contributed by atoms with van der Waals surface area (Å²) in [5, 5.41) is 0. The van der Waals surface area contributed by atoms with Crippen LogP contribution in [-0.4, -0.2) is 61.1 Å². The second-order valence-electron chi connectivity index (χ2n) is 5.37. The van der Waals surface area contributed by atoms with Gasteiger partial charge in [-0.15, -0.1) is 12.4 Å². The zero-order valence-electron chi connectivity index (χ0n) is 14.8. The third kappa shape index (κ3) is 7.82. The number of ether oxygens (including phenoxy) is 1. The van der Waals surface area contributed by atoms with Crippen molar-refractivity contribution in [3.05, 3.63) is 35.9 Å². The first-order valence-electron chi connectivity index (χ1n) is 8.35. The van der Waals surface area contributed by atoms with Crippen LogP contribution in [0.25, 0.3) is 0 Å². The number of carbonyl (C=O) groups is 1. The summed E-state index contributed by atoms with van der Waals surface area (Å²) in [6.45, 7) is 14.0. The van der Waals surface area contributed by atoms with Gasteiger partial charge in [-0.1, -0.05) is 45.9 Å². The van der Waals surface area contributed by atoms with Gasteiger partial charge in [0, 0.05) is 13.1 Å². The molecule has 0 radical (unpaired) electrons. The maximum Gasteiger partial charge on any atom is 0.338 e. The summed E-state index contributed by atoms with van der Waals surface area (Å²) >= 11 is 0. The van der Waals surface area contributed by atoms with E-state index < -0.39 is 0 Å². The molecule has 0 aromatic heterocycles. The lowest BCUT2D eigenvalue weighted by atomic mass is 10.2. The zero-order valence-corrected chi connectivity index (χ0v) is 15.6. The Labute approximate surface area is 147 Å². The van der Waals surface area contributed by atoms with E-state index >= 15 is 0 Å². The van der Waals surface area contributed by atoms with Gasteiger partial charge in [0.2, 0.25) is 0 Å². The molecular formula is C18H31ClN2O2. The largest absolute Gasteiger partial charge is 0.456 e. The standard InChI is InChI=1S/C18H30N2O2.ClH/c1-5-19(6-2)14-17(15-20(7-3)8-4)22-18(21)16-12-10-9-11-13-16;/h9-13,17H,5-8,14-15H2,1-4H3;1H. The second-order valence-corrected chi connectivity index (χ2v) is 5.37. The van der Waals surface area contributed by atoms with E-state index in [9.17, 15) is 4.79 Å². The zero-order chi connectivity index (χ0) is 16.4. The normalized spacial score (nSPS) is 10.9. The average Bonchev–Trinajstić information content (AvgIpc) is 2.57. The summed E-state index contributed by atoms with van der Waals surface area (Å²) in [4.78, 5) is 16.9. The number of nitrogens with zero attached hydrogens (tertiary/aromatic N) is 2. The number of benzene rings is 1. The van der Waals surface area contributed by atoms with E-state index in [-0.39, 0.29) is 24.5 Å². The molecule has 1 aromatic rings. The fourth-order valence-electron chi connectivity index (χ4n) is 2.47. The molecule has 0 bridgehead atoms.